The van der Waals surface area contributed by atoms with Gasteiger partial charge in [-0.05, 0) is 44.5 Å². The summed E-state index contributed by atoms with van der Waals surface area (Å²) < 4.78 is 0. The predicted molar refractivity (Wildman–Crippen MR) is 110 cm³/mol. The average Bonchev–Trinajstić information content (AvgIpc) is 2.64. The van der Waals surface area contributed by atoms with Crippen LogP contribution in [0.1, 0.15) is 20.3 Å². The number of anilines is 1. The largest absolute Gasteiger partial charge is 0.313 e. The van der Waals surface area contributed by atoms with Crippen molar-refractivity contribution >= 4 is 35.1 Å². The van der Waals surface area contributed by atoms with Gasteiger partial charge in [0.05, 0.1) is 10.9 Å². The first kappa shape index (κ1) is 18.2. The van der Waals surface area contributed by atoms with E-state index in [1.807, 2.05) is 43.1 Å². The molecule has 1 atom stereocenters. The van der Waals surface area contributed by atoms with Gasteiger partial charge in [-0.2, -0.15) is 0 Å². The quantitative estimate of drug-likeness (QED) is 0.502. The van der Waals surface area contributed by atoms with Crippen LogP contribution in [0.5, 0.6) is 0 Å². The van der Waals surface area contributed by atoms with Gasteiger partial charge in [-0.3, -0.25) is 4.79 Å². The number of nitrogens with zero attached hydrogens (tertiary/aromatic N) is 1. The van der Waals surface area contributed by atoms with Crippen LogP contribution in [0.15, 0.2) is 75.5 Å². The Morgan fingerprint density at radius 2 is 1.72 bits per heavy atom. The van der Waals surface area contributed by atoms with Gasteiger partial charge < -0.3 is 4.90 Å². The second-order valence-corrected chi connectivity index (χ2v) is 8.63. The number of hydrogen-bond donors (Lipinski definition) is 0. The molecular weight excluding hydrogens is 346 g/mol. The summed E-state index contributed by atoms with van der Waals surface area (Å²) in [4.78, 5) is 17.0. The molecule has 0 radical (unpaired) electrons. The monoisotopic (exact) mass is 369 g/mol. The van der Waals surface area contributed by atoms with Crippen LogP contribution in [0.3, 0.4) is 0 Å². The van der Waals surface area contributed by atoms with Crippen molar-refractivity contribution in [1.29, 1.82) is 0 Å². The number of fused-ring (bicyclic) bond motifs is 1. The molecule has 1 aliphatic heterocycles. The molecule has 0 aliphatic carbocycles. The Labute approximate surface area is 158 Å². The van der Waals surface area contributed by atoms with Gasteiger partial charge in [0.15, 0.2) is 0 Å². The molecule has 1 aliphatic rings. The normalized spacial score (nSPS) is 18.0. The first-order chi connectivity index (χ1) is 12.1. The fourth-order valence-electron chi connectivity index (χ4n) is 2.79. The number of hydrogen-bond acceptors (Lipinski definition) is 3. The number of rotatable bonds is 5. The Bertz CT molecular complexity index is 785. The Kier molecular flexibility index (Phi) is 5.92. The lowest BCUT2D eigenvalue weighted by atomic mass is 10.1. The average molecular weight is 370 g/mol. The fraction of sp³-hybridized carbons (Fsp3) is 0.286. The van der Waals surface area contributed by atoms with Gasteiger partial charge in [-0.15, -0.1) is 23.5 Å². The Morgan fingerprint density at radius 1 is 1.04 bits per heavy atom. The van der Waals surface area contributed by atoms with Crippen LogP contribution in [-0.4, -0.2) is 24.0 Å². The van der Waals surface area contributed by atoms with E-state index in [1.165, 1.54) is 20.9 Å². The minimum absolute atomic E-state index is 0.0309. The molecule has 1 heterocycles. The minimum Gasteiger partial charge on any atom is -0.313 e. The molecule has 2 aromatic rings. The third-order valence-corrected chi connectivity index (χ3v) is 6.96. The highest BCUT2D eigenvalue weighted by Crippen LogP contribution is 2.40. The van der Waals surface area contributed by atoms with Crippen molar-refractivity contribution in [3.63, 3.8) is 0 Å². The van der Waals surface area contributed by atoms with E-state index in [2.05, 4.69) is 44.2 Å². The van der Waals surface area contributed by atoms with Crippen LogP contribution in [0.4, 0.5) is 5.69 Å². The summed E-state index contributed by atoms with van der Waals surface area (Å²) in [7, 11) is 1.88. The van der Waals surface area contributed by atoms with Crippen molar-refractivity contribution in [2.24, 2.45) is 0 Å². The molecule has 2 nitrogen and oxygen atoms in total. The van der Waals surface area contributed by atoms with Crippen LogP contribution < -0.4 is 4.90 Å². The van der Waals surface area contributed by atoms with Crippen LogP contribution in [0.2, 0.25) is 0 Å². The Morgan fingerprint density at radius 3 is 2.48 bits per heavy atom. The molecule has 0 aromatic heterocycles. The molecule has 1 amide bonds. The lowest BCUT2D eigenvalue weighted by Crippen LogP contribution is -2.38. The SMILES string of the molecule is C/C(CSc1ccccc1)=C(/C)CC1Sc2ccccc2N(C)C1=O. The number of carbonyl (C=O) groups excluding carboxylic acids is 1. The van der Waals surface area contributed by atoms with E-state index in [4.69, 9.17) is 0 Å². The number of amides is 1. The van der Waals surface area contributed by atoms with Crippen molar-refractivity contribution in [2.75, 3.05) is 17.7 Å². The Balaban J connectivity index is 1.67. The summed E-state index contributed by atoms with van der Waals surface area (Å²) in [6, 6.07) is 18.6. The summed E-state index contributed by atoms with van der Waals surface area (Å²) >= 11 is 3.55. The minimum atomic E-state index is -0.0309. The van der Waals surface area contributed by atoms with Gasteiger partial charge >= 0.3 is 0 Å². The highest BCUT2D eigenvalue weighted by Gasteiger charge is 2.31. The highest BCUT2D eigenvalue weighted by atomic mass is 32.2. The summed E-state index contributed by atoms with van der Waals surface area (Å²) in [5, 5.41) is -0.0309. The van der Waals surface area contributed by atoms with E-state index in [-0.39, 0.29) is 11.2 Å². The Hall–Kier alpha value is -1.65. The predicted octanol–water partition coefficient (Wildman–Crippen LogP) is 5.64. The molecule has 0 bridgehead atoms. The van der Waals surface area contributed by atoms with E-state index in [0.717, 1.165) is 17.9 Å². The maximum atomic E-state index is 12.7. The molecule has 0 fully saturated rings. The zero-order valence-electron chi connectivity index (χ0n) is 14.9. The van der Waals surface area contributed by atoms with Crippen LogP contribution in [0.25, 0.3) is 0 Å². The standard InChI is InChI=1S/C21H23NOS2/c1-15(16(2)14-24-17-9-5-4-6-10-17)13-20-21(23)22(3)18-11-7-8-12-19(18)25-20/h4-12,20H,13-14H2,1-3H3/b16-15+. The lowest BCUT2D eigenvalue weighted by Gasteiger charge is -2.31. The van der Waals surface area contributed by atoms with Gasteiger partial charge in [-0.1, -0.05) is 41.5 Å². The summed E-state index contributed by atoms with van der Waals surface area (Å²) in [5.41, 5.74) is 3.71. The molecule has 0 saturated carbocycles. The van der Waals surface area contributed by atoms with E-state index in [9.17, 15) is 4.79 Å². The lowest BCUT2D eigenvalue weighted by molar-refractivity contribution is -0.117. The van der Waals surface area contributed by atoms with Gasteiger partial charge in [0.1, 0.15) is 0 Å². The van der Waals surface area contributed by atoms with Crippen molar-refractivity contribution in [3.05, 3.63) is 65.7 Å². The van der Waals surface area contributed by atoms with Crippen molar-refractivity contribution in [1.82, 2.24) is 0 Å². The third kappa shape index (κ3) is 4.31. The molecule has 0 saturated heterocycles. The molecule has 2 aromatic carbocycles. The smallest absolute Gasteiger partial charge is 0.240 e. The zero-order chi connectivity index (χ0) is 17.8. The second kappa shape index (κ2) is 8.15. The summed E-state index contributed by atoms with van der Waals surface area (Å²) in [6.07, 6.45) is 0.809. The molecule has 4 heteroatoms. The molecule has 0 N–H and O–H groups in total. The topological polar surface area (TPSA) is 20.3 Å². The van der Waals surface area contributed by atoms with Crippen molar-refractivity contribution < 1.29 is 4.79 Å². The number of allylic oxidation sites excluding steroid dienone is 1. The summed E-state index contributed by atoms with van der Waals surface area (Å²) in [6.45, 7) is 4.34. The summed E-state index contributed by atoms with van der Waals surface area (Å²) in [5.74, 6) is 1.17. The van der Waals surface area contributed by atoms with E-state index in [0.29, 0.717) is 0 Å². The number of benzene rings is 2. The number of para-hydroxylation sites is 1. The van der Waals surface area contributed by atoms with Crippen molar-refractivity contribution in [3.8, 4) is 0 Å². The zero-order valence-corrected chi connectivity index (χ0v) is 16.5. The maximum Gasteiger partial charge on any atom is 0.240 e. The number of thioether (sulfide) groups is 2. The molecule has 1 unspecified atom stereocenters. The van der Waals surface area contributed by atoms with Gasteiger partial charge in [0, 0.05) is 22.6 Å². The first-order valence-electron chi connectivity index (χ1n) is 8.42. The second-order valence-electron chi connectivity index (χ2n) is 6.34. The number of carbonyl (C=O) groups is 1. The first-order valence-corrected chi connectivity index (χ1v) is 10.3. The molecular formula is C21H23NOS2. The third-order valence-electron chi connectivity index (χ3n) is 4.52. The van der Waals surface area contributed by atoms with Gasteiger partial charge in [0.2, 0.25) is 5.91 Å². The fourth-order valence-corrected chi connectivity index (χ4v) is 5.15. The molecule has 3 rings (SSSR count). The van der Waals surface area contributed by atoms with Gasteiger partial charge in [-0.25, -0.2) is 0 Å². The van der Waals surface area contributed by atoms with E-state index in [1.54, 1.807) is 16.7 Å². The van der Waals surface area contributed by atoms with Crippen LogP contribution in [0, 0.1) is 0 Å². The molecule has 130 valence electrons. The van der Waals surface area contributed by atoms with Crippen LogP contribution in [-0.2, 0) is 4.79 Å². The van der Waals surface area contributed by atoms with E-state index >= 15 is 0 Å². The van der Waals surface area contributed by atoms with Crippen LogP contribution >= 0.6 is 23.5 Å². The van der Waals surface area contributed by atoms with Crippen molar-refractivity contribution in [2.45, 2.75) is 35.3 Å². The van der Waals surface area contributed by atoms with E-state index < -0.39 is 0 Å². The highest BCUT2D eigenvalue weighted by molar-refractivity contribution is 8.01. The maximum absolute atomic E-state index is 12.7. The molecule has 0 spiro atoms. The molecule has 25 heavy (non-hydrogen) atoms. The van der Waals surface area contributed by atoms with Gasteiger partial charge in [0.25, 0.3) is 0 Å².